The average Bonchev–Trinajstić information content (AvgIpc) is 2.70. The molecule has 152 valence electrons. The minimum Gasteiger partial charge on any atom is -0.494 e. The highest BCUT2D eigenvalue weighted by Crippen LogP contribution is 2.38. The highest BCUT2D eigenvalue weighted by molar-refractivity contribution is 6.31. The van der Waals surface area contributed by atoms with Crippen LogP contribution in [0.15, 0.2) is 42.5 Å². The molecule has 0 saturated carbocycles. The van der Waals surface area contributed by atoms with Gasteiger partial charge in [0.05, 0.1) is 32.0 Å². The largest absolute Gasteiger partial charge is 0.494 e. The first kappa shape index (κ1) is 21.1. The van der Waals surface area contributed by atoms with E-state index in [1.807, 2.05) is 49.4 Å². The van der Waals surface area contributed by atoms with E-state index in [0.29, 0.717) is 24.5 Å². The van der Waals surface area contributed by atoms with Gasteiger partial charge in [-0.3, -0.25) is 0 Å². The average molecular weight is 407 g/mol. The second-order valence-corrected chi connectivity index (χ2v) is 7.71. The van der Waals surface area contributed by atoms with Crippen LogP contribution in [0.4, 0.5) is 0 Å². The van der Waals surface area contributed by atoms with E-state index in [2.05, 4.69) is 0 Å². The molecule has 3 rings (SSSR count). The SMILES string of the molecule is CCOc1ccc(Cc2cc(C3CC(O)CC(CO)(CO)O3)ccc2Cl)cc1. The maximum atomic E-state index is 10.2. The number of rotatable bonds is 7. The van der Waals surface area contributed by atoms with Gasteiger partial charge in [0, 0.05) is 17.9 Å². The minimum absolute atomic E-state index is 0.211. The van der Waals surface area contributed by atoms with E-state index in [1.54, 1.807) is 0 Å². The van der Waals surface area contributed by atoms with Crippen molar-refractivity contribution in [1.82, 2.24) is 0 Å². The Morgan fingerprint density at radius 3 is 2.50 bits per heavy atom. The minimum atomic E-state index is -1.13. The molecule has 2 aromatic rings. The Bertz CT molecular complexity index is 773. The van der Waals surface area contributed by atoms with Crippen molar-refractivity contribution in [2.45, 2.75) is 44.0 Å². The second kappa shape index (κ2) is 9.25. The van der Waals surface area contributed by atoms with Gasteiger partial charge in [0.1, 0.15) is 11.4 Å². The third-order valence-corrected chi connectivity index (χ3v) is 5.50. The Labute approximate surface area is 170 Å². The van der Waals surface area contributed by atoms with Gasteiger partial charge < -0.3 is 24.8 Å². The normalized spacial score (nSPS) is 21.5. The van der Waals surface area contributed by atoms with Crippen molar-refractivity contribution in [3.05, 3.63) is 64.2 Å². The molecule has 2 unspecified atom stereocenters. The van der Waals surface area contributed by atoms with Gasteiger partial charge >= 0.3 is 0 Å². The van der Waals surface area contributed by atoms with Crippen molar-refractivity contribution in [3.63, 3.8) is 0 Å². The Kier molecular flexibility index (Phi) is 6.96. The molecule has 0 aliphatic carbocycles. The van der Waals surface area contributed by atoms with Crippen LogP contribution in [0.3, 0.4) is 0 Å². The maximum absolute atomic E-state index is 10.2. The highest BCUT2D eigenvalue weighted by atomic mass is 35.5. The smallest absolute Gasteiger partial charge is 0.119 e. The molecule has 2 aromatic carbocycles. The standard InChI is InChI=1S/C22H27ClO5/c1-2-27-19-6-3-15(4-7-19)9-17-10-16(5-8-20(17)23)21-11-18(26)12-22(13-24,14-25)28-21/h3-8,10,18,21,24-26H,2,9,11-14H2,1H3. The quantitative estimate of drug-likeness (QED) is 0.657. The van der Waals surface area contributed by atoms with Gasteiger partial charge in [-0.1, -0.05) is 35.9 Å². The predicted octanol–water partition coefficient (Wildman–Crippen LogP) is 3.27. The Morgan fingerprint density at radius 1 is 1.14 bits per heavy atom. The summed E-state index contributed by atoms with van der Waals surface area (Å²) in [4.78, 5) is 0. The fourth-order valence-corrected chi connectivity index (χ4v) is 3.82. The molecular formula is C22H27ClO5. The van der Waals surface area contributed by atoms with Gasteiger partial charge in [0.15, 0.2) is 0 Å². The molecule has 0 aromatic heterocycles. The molecule has 1 aliphatic rings. The van der Waals surface area contributed by atoms with Crippen LogP contribution in [0.1, 0.15) is 42.6 Å². The van der Waals surface area contributed by atoms with Gasteiger partial charge in [0.25, 0.3) is 0 Å². The van der Waals surface area contributed by atoms with Crippen LogP contribution in [-0.2, 0) is 11.2 Å². The molecule has 1 aliphatic heterocycles. The van der Waals surface area contributed by atoms with Crippen molar-refractivity contribution >= 4 is 11.6 Å². The van der Waals surface area contributed by atoms with E-state index in [-0.39, 0.29) is 19.6 Å². The fraction of sp³-hybridized carbons (Fsp3) is 0.455. The Balaban J connectivity index is 1.80. The molecule has 1 heterocycles. The van der Waals surface area contributed by atoms with Crippen LogP contribution < -0.4 is 4.74 Å². The van der Waals surface area contributed by atoms with Crippen LogP contribution >= 0.6 is 11.6 Å². The number of aliphatic hydroxyl groups is 3. The number of benzene rings is 2. The summed E-state index contributed by atoms with van der Waals surface area (Å²) in [6.07, 6.45) is 0.205. The molecule has 2 atom stereocenters. The van der Waals surface area contributed by atoms with Crippen LogP contribution in [-0.4, -0.2) is 46.8 Å². The summed E-state index contributed by atoms with van der Waals surface area (Å²) in [5, 5.41) is 30.2. The summed E-state index contributed by atoms with van der Waals surface area (Å²) in [7, 11) is 0. The Morgan fingerprint density at radius 2 is 1.86 bits per heavy atom. The third-order valence-electron chi connectivity index (χ3n) is 5.13. The molecule has 1 fully saturated rings. The van der Waals surface area contributed by atoms with Gasteiger partial charge in [-0.05, 0) is 48.2 Å². The van der Waals surface area contributed by atoms with Crippen LogP contribution in [0, 0.1) is 0 Å². The van der Waals surface area contributed by atoms with Gasteiger partial charge in [0.2, 0.25) is 0 Å². The first-order chi connectivity index (χ1) is 13.5. The fourth-order valence-electron chi connectivity index (χ4n) is 3.64. The number of aliphatic hydroxyl groups excluding tert-OH is 3. The van der Waals surface area contributed by atoms with E-state index in [4.69, 9.17) is 21.1 Å². The van der Waals surface area contributed by atoms with Crippen LogP contribution in [0.2, 0.25) is 5.02 Å². The van der Waals surface area contributed by atoms with Crippen molar-refractivity contribution < 1.29 is 24.8 Å². The lowest BCUT2D eigenvalue weighted by Crippen LogP contribution is -2.48. The van der Waals surface area contributed by atoms with Gasteiger partial charge in [-0.25, -0.2) is 0 Å². The molecule has 0 spiro atoms. The third kappa shape index (κ3) is 4.85. The van der Waals surface area contributed by atoms with Crippen molar-refractivity contribution in [2.75, 3.05) is 19.8 Å². The summed E-state index contributed by atoms with van der Waals surface area (Å²) in [6.45, 7) is 1.89. The second-order valence-electron chi connectivity index (χ2n) is 7.30. The number of hydrogen-bond donors (Lipinski definition) is 3. The maximum Gasteiger partial charge on any atom is 0.119 e. The lowest BCUT2D eigenvalue weighted by molar-refractivity contribution is -0.198. The zero-order valence-electron chi connectivity index (χ0n) is 16.0. The molecular weight excluding hydrogens is 380 g/mol. The first-order valence-corrected chi connectivity index (χ1v) is 9.94. The van der Waals surface area contributed by atoms with Gasteiger partial charge in [-0.2, -0.15) is 0 Å². The van der Waals surface area contributed by atoms with Crippen LogP contribution in [0.5, 0.6) is 5.75 Å². The number of hydrogen-bond acceptors (Lipinski definition) is 5. The molecule has 6 heteroatoms. The lowest BCUT2D eigenvalue weighted by atomic mass is 9.88. The molecule has 28 heavy (non-hydrogen) atoms. The number of ether oxygens (including phenoxy) is 2. The van der Waals surface area contributed by atoms with E-state index in [9.17, 15) is 15.3 Å². The van der Waals surface area contributed by atoms with E-state index < -0.39 is 17.8 Å². The molecule has 0 radical (unpaired) electrons. The monoisotopic (exact) mass is 406 g/mol. The van der Waals surface area contributed by atoms with E-state index in [1.165, 1.54) is 0 Å². The summed E-state index contributed by atoms with van der Waals surface area (Å²) >= 11 is 6.41. The summed E-state index contributed by atoms with van der Waals surface area (Å²) in [5.74, 6) is 0.833. The highest BCUT2D eigenvalue weighted by Gasteiger charge is 2.41. The Hall–Kier alpha value is -1.63. The zero-order chi connectivity index (χ0) is 20.1. The predicted molar refractivity (Wildman–Crippen MR) is 108 cm³/mol. The summed E-state index contributed by atoms with van der Waals surface area (Å²) in [6, 6.07) is 13.6. The van der Waals surface area contributed by atoms with E-state index >= 15 is 0 Å². The van der Waals surface area contributed by atoms with E-state index in [0.717, 1.165) is 22.4 Å². The van der Waals surface area contributed by atoms with Crippen molar-refractivity contribution in [2.24, 2.45) is 0 Å². The zero-order valence-corrected chi connectivity index (χ0v) is 16.7. The molecule has 3 N–H and O–H groups in total. The van der Waals surface area contributed by atoms with Gasteiger partial charge in [-0.15, -0.1) is 0 Å². The summed E-state index contributed by atoms with van der Waals surface area (Å²) in [5.41, 5.74) is 1.80. The number of halogens is 1. The first-order valence-electron chi connectivity index (χ1n) is 9.56. The molecule has 1 saturated heterocycles. The topological polar surface area (TPSA) is 79.2 Å². The molecule has 0 bridgehead atoms. The van der Waals surface area contributed by atoms with Crippen molar-refractivity contribution in [1.29, 1.82) is 0 Å². The van der Waals surface area contributed by atoms with Crippen LogP contribution in [0.25, 0.3) is 0 Å². The summed E-state index contributed by atoms with van der Waals surface area (Å²) < 4.78 is 11.5. The molecule has 5 nitrogen and oxygen atoms in total. The van der Waals surface area contributed by atoms with Crippen molar-refractivity contribution in [3.8, 4) is 5.75 Å². The molecule has 0 amide bonds. The lowest BCUT2D eigenvalue weighted by Gasteiger charge is -2.41.